The summed E-state index contributed by atoms with van der Waals surface area (Å²) in [5.41, 5.74) is 0.830. The molecule has 5 rings (SSSR count). The second-order valence-corrected chi connectivity index (χ2v) is 8.09. The van der Waals surface area contributed by atoms with E-state index < -0.39 is 17.2 Å². The predicted octanol–water partition coefficient (Wildman–Crippen LogP) is 4.19. The topological polar surface area (TPSA) is 108 Å². The molecule has 30 heavy (non-hydrogen) atoms. The number of aromatic amines is 2. The third-order valence-corrected chi connectivity index (χ3v) is 5.96. The molecule has 3 aromatic rings. The Balaban J connectivity index is 1.71. The third-order valence-electron chi connectivity index (χ3n) is 5.39. The molecule has 3 heterocycles. The third kappa shape index (κ3) is 3.02. The van der Waals surface area contributed by atoms with Gasteiger partial charge in [0, 0.05) is 28.3 Å². The number of carbonyl (C=O) groups excluding carboxylic acids is 1. The van der Waals surface area contributed by atoms with E-state index in [0.717, 1.165) is 0 Å². The number of benzene rings is 1. The first-order valence-electron chi connectivity index (χ1n) is 9.37. The Morgan fingerprint density at radius 2 is 1.83 bits per heavy atom. The maximum Gasteiger partial charge on any atom is 0.327 e. The molecule has 2 aliphatic rings. The highest BCUT2D eigenvalue weighted by atomic mass is 35.5. The SMILES string of the molecule is O=C1CCCC2=C1C(c1ccc(-c3cc(Cl)ccc3Cl)o1)c1c([nH]c(=O)[nH]c1=O)N2. The lowest BCUT2D eigenvalue weighted by Gasteiger charge is -2.31. The summed E-state index contributed by atoms with van der Waals surface area (Å²) in [4.78, 5) is 42.2. The number of allylic oxidation sites excluding steroid dienone is 2. The minimum absolute atomic E-state index is 0.0521. The van der Waals surface area contributed by atoms with E-state index in [1.165, 1.54) is 0 Å². The van der Waals surface area contributed by atoms with Crippen LogP contribution in [0.25, 0.3) is 11.3 Å². The van der Waals surface area contributed by atoms with Gasteiger partial charge >= 0.3 is 5.69 Å². The van der Waals surface area contributed by atoms with Gasteiger partial charge in [-0.1, -0.05) is 23.2 Å². The Kier molecular flexibility index (Phi) is 4.45. The molecule has 2 aromatic heterocycles. The molecule has 0 spiro atoms. The Morgan fingerprint density at radius 1 is 1.00 bits per heavy atom. The molecule has 1 aliphatic carbocycles. The first kappa shape index (κ1) is 19.0. The summed E-state index contributed by atoms with van der Waals surface area (Å²) in [6, 6.07) is 8.46. The first-order valence-corrected chi connectivity index (χ1v) is 10.1. The van der Waals surface area contributed by atoms with Crippen LogP contribution in [0.15, 0.2) is 55.6 Å². The molecular formula is C21H15Cl2N3O4. The number of fused-ring (bicyclic) bond motifs is 1. The van der Waals surface area contributed by atoms with Crippen molar-refractivity contribution in [1.29, 1.82) is 0 Å². The van der Waals surface area contributed by atoms with Gasteiger partial charge < -0.3 is 9.73 Å². The average molecular weight is 444 g/mol. The molecule has 0 bridgehead atoms. The van der Waals surface area contributed by atoms with Crippen LogP contribution in [0.1, 0.15) is 36.5 Å². The van der Waals surface area contributed by atoms with E-state index in [1.807, 2.05) is 0 Å². The number of anilines is 1. The van der Waals surface area contributed by atoms with Gasteiger partial charge in [-0.2, -0.15) is 0 Å². The number of ketones is 1. The molecule has 0 saturated heterocycles. The van der Waals surface area contributed by atoms with E-state index in [-0.39, 0.29) is 17.2 Å². The van der Waals surface area contributed by atoms with E-state index in [0.29, 0.717) is 57.7 Å². The monoisotopic (exact) mass is 443 g/mol. The lowest BCUT2D eigenvalue weighted by molar-refractivity contribution is -0.116. The molecule has 0 amide bonds. The van der Waals surface area contributed by atoms with Gasteiger partial charge in [-0.15, -0.1) is 0 Å². The minimum Gasteiger partial charge on any atom is -0.460 e. The zero-order valence-electron chi connectivity index (χ0n) is 15.5. The van der Waals surface area contributed by atoms with Crippen molar-refractivity contribution in [3.8, 4) is 11.3 Å². The van der Waals surface area contributed by atoms with Crippen LogP contribution >= 0.6 is 23.2 Å². The summed E-state index contributed by atoms with van der Waals surface area (Å²) in [6.07, 6.45) is 1.72. The van der Waals surface area contributed by atoms with Crippen LogP contribution in [0.5, 0.6) is 0 Å². The van der Waals surface area contributed by atoms with Gasteiger partial charge in [0.15, 0.2) is 5.78 Å². The van der Waals surface area contributed by atoms with Gasteiger partial charge in [0.25, 0.3) is 5.56 Å². The highest BCUT2D eigenvalue weighted by Crippen LogP contribution is 2.44. The van der Waals surface area contributed by atoms with Crippen LogP contribution in [0.3, 0.4) is 0 Å². The van der Waals surface area contributed by atoms with Gasteiger partial charge in [-0.3, -0.25) is 19.6 Å². The molecule has 1 atom stereocenters. The molecule has 3 N–H and O–H groups in total. The summed E-state index contributed by atoms with van der Waals surface area (Å²) in [7, 11) is 0. The van der Waals surface area contributed by atoms with E-state index in [9.17, 15) is 14.4 Å². The van der Waals surface area contributed by atoms with Gasteiger partial charge in [0.1, 0.15) is 17.3 Å². The first-order chi connectivity index (χ1) is 14.4. The lowest BCUT2D eigenvalue weighted by Crippen LogP contribution is -2.35. The number of H-pyrrole nitrogens is 2. The van der Waals surface area contributed by atoms with E-state index in [2.05, 4.69) is 15.3 Å². The van der Waals surface area contributed by atoms with Crippen molar-refractivity contribution in [2.24, 2.45) is 0 Å². The van der Waals surface area contributed by atoms with Crippen molar-refractivity contribution in [1.82, 2.24) is 9.97 Å². The van der Waals surface area contributed by atoms with Crippen molar-refractivity contribution < 1.29 is 9.21 Å². The van der Waals surface area contributed by atoms with Crippen molar-refractivity contribution in [3.05, 3.63) is 83.8 Å². The summed E-state index contributed by atoms with van der Waals surface area (Å²) >= 11 is 12.4. The predicted molar refractivity (Wildman–Crippen MR) is 113 cm³/mol. The maximum atomic E-state index is 12.8. The lowest BCUT2D eigenvalue weighted by atomic mass is 9.79. The Labute approximate surface area is 179 Å². The molecule has 0 saturated carbocycles. The van der Waals surface area contributed by atoms with Crippen LogP contribution < -0.4 is 16.6 Å². The average Bonchev–Trinajstić information content (AvgIpc) is 3.18. The number of hydrogen-bond donors (Lipinski definition) is 3. The summed E-state index contributed by atoms with van der Waals surface area (Å²) in [5.74, 6) is 0.356. The van der Waals surface area contributed by atoms with Gasteiger partial charge in [0.2, 0.25) is 0 Å². The summed E-state index contributed by atoms with van der Waals surface area (Å²) in [6.45, 7) is 0. The number of halogens is 2. The van der Waals surface area contributed by atoms with E-state index in [1.54, 1.807) is 30.3 Å². The van der Waals surface area contributed by atoms with Crippen molar-refractivity contribution in [2.45, 2.75) is 25.2 Å². The van der Waals surface area contributed by atoms with Crippen LogP contribution in [0.2, 0.25) is 10.0 Å². The molecule has 0 fully saturated rings. The highest BCUT2D eigenvalue weighted by molar-refractivity contribution is 6.35. The maximum absolute atomic E-state index is 12.8. The minimum atomic E-state index is -0.739. The molecule has 1 unspecified atom stereocenters. The number of Topliss-reactive ketones (excluding diaryl/α,β-unsaturated/α-hetero) is 1. The Morgan fingerprint density at radius 3 is 2.67 bits per heavy atom. The molecular weight excluding hydrogens is 429 g/mol. The van der Waals surface area contributed by atoms with Crippen LogP contribution in [-0.2, 0) is 4.79 Å². The van der Waals surface area contributed by atoms with E-state index in [4.69, 9.17) is 27.6 Å². The molecule has 1 aliphatic heterocycles. The summed E-state index contributed by atoms with van der Waals surface area (Å²) in [5, 5.41) is 4.03. The molecule has 1 aromatic carbocycles. The van der Waals surface area contributed by atoms with Crippen LogP contribution in [-0.4, -0.2) is 15.8 Å². The van der Waals surface area contributed by atoms with Crippen molar-refractivity contribution in [2.75, 3.05) is 5.32 Å². The Bertz CT molecular complexity index is 1350. The number of carbonyl (C=O) groups is 1. The Hall–Kier alpha value is -3.03. The fraction of sp³-hybridized carbons (Fsp3) is 0.190. The van der Waals surface area contributed by atoms with Gasteiger partial charge in [0.05, 0.1) is 16.5 Å². The largest absolute Gasteiger partial charge is 0.460 e. The van der Waals surface area contributed by atoms with Gasteiger partial charge in [-0.05, 0) is 43.2 Å². The number of aromatic nitrogens is 2. The van der Waals surface area contributed by atoms with Crippen LogP contribution in [0.4, 0.5) is 5.82 Å². The number of rotatable bonds is 2. The number of hydrogen-bond acceptors (Lipinski definition) is 5. The zero-order valence-corrected chi connectivity index (χ0v) is 17.0. The standard InChI is InChI=1S/C21H15Cl2N3O4/c22-9-4-5-11(23)10(8-9)14-6-7-15(30-14)17-16-12(2-1-3-13(16)27)24-19-18(17)20(28)26-21(29)25-19/h4-8,17H,1-3H2,(H3,24,25,26,28,29). The summed E-state index contributed by atoms with van der Waals surface area (Å²) < 4.78 is 6.08. The quantitative estimate of drug-likeness (QED) is 0.549. The molecule has 7 nitrogen and oxygen atoms in total. The van der Waals surface area contributed by atoms with Crippen LogP contribution in [0, 0.1) is 0 Å². The zero-order chi connectivity index (χ0) is 21.0. The molecule has 152 valence electrons. The number of nitrogens with one attached hydrogen (secondary N) is 3. The van der Waals surface area contributed by atoms with Crippen molar-refractivity contribution >= 4 is 34.8 Å². The van der Waals surface area contributed by atoms with Gasteiger partial charge in [-0.25, -0.2) is 4.79 Å². The highest BCUT2D eigenvalue weighted by Gasteiger charge is 2.39. The van der Waals surface area contributed by atoms with E-state index >= 15 is 0 Å². The smallest absolute Gasteiger partial charge is 0.327 e. The fourth-order valence-corrected chi connectivity index (χ4v) is 4.50. The second-order valence-electron chi connectivity index (χ2n) is 7.25. The molecule has 0 radical (unpaired) electrons. The van der Waals surface area contributed by atoms with Crippen molar-refractivity contribution in [3.63, 3.8) is 0 Å². The number of furan rings is 1. The fourth-order valence-electron chi connectivity index (χ4n) is 4.12. The molecule has 9 heteroatoms. The normalized spacial score (nSPS) is 18.1. The second kappa shape index (κ2) is 7.04.